The van der Waals surface area contributed by atoms with Crippen LogP contribution in [-0.2, 0) is 13.0 Å². The third-order valence-electron chi connectivity index (χ3n) is 5.76. The SMILES string of the molecule is COc1ccccc1CCn1cnc2cccc(NC(=O)c3cc(Cl)c4[nH]c(=O)[nH]c4c3)c2c1=O. The number of aromatic amines is 2. The first-order valence-electron chi connectivity index (χ1n) is 10.8. The van der Waals surface area contributed by atoms with Crippen LogP contribution in [-0.4, -0.2) is 32.5 Å². The Kier molecular flexibility index (Phi) is 5.84. The minimum absolute atomic E-state index is 0.226. The van der Waals surface area contributed by atoms with E-state index in [0.717, 1.165) is 11.3 Å². The number of hydrogen-bond donors (Lipinski definition) is 3. The second kappa shape index (κ2) is 9.11. The van der Waals surface area contributed by atoms with E-state index in [1.165, 1.54) is 23.0 Å². The van der Waals surface area contributed by atoms with E-state index < -0.39 is 11.6 Å². The van der Waals surface area contributed by atoms with Gasteiger partial charge in [-0.15, -0.1) is 0 Å². The van der Waals surface area contributed by atoms with Crippen molar-refractivity contribution in [3.63, 3.8) is 0 Å². The number of nitrogens with one attached hydrogen (secondary N) is 3. The number of benzene rings is 3. The lowest BCUT2D eigenvalue weighted by molar-refractivity contribution is 0.102. The average molecular weight is 490 g/mol. The molecule has 3 N–H and O–H groups in total. The molecule has 0 aliphatic rings. The van der Waals surface area contributed by atoms with Gasteiger partial charge in [0.05, 0.1) is 46.1 Å². The van der Waals surface area contributed by atoms with Gasteiger partial charge in [0.15, 0.2) is 0 Å². The molecule has 10 heteroatoms. The van der Waals surface area contributed by atoms with Gasteiger partial charge in [0.25, 0.3) is 11.5 Å². The number of rotatable bonds is 6. The van der Waals surface area contributed by atoms with Gasteiger partial charge >= 0.3 is 5.69 Å². The maximum absolute atomic E-state index is 13.4. The van der Waals surface area contributed by atoms with E-state index in [2.05, 4.69) is 20.3 Å². The van der Waals surface area contributed by atoms with Gasteiger partial charge in [-0.1, -0.05) is 35.9 Å². The Labute approximate surface area is 203 Å². The van der Waals surface area contributed by atoms with Crippen molar-refractivity contribution in [3.8, 4) is 5.75 Å². The molecule has 5 rings (SSSR count). The van der Waals surface area contributed by atoms with Crippen LogP contribution in [0.15, 0.2) is 70.5 Å². The number of anilines is 1. The summed E-state index contributed by atoms with van der Waals surface area (Å²) in [6.45, 7) is 0.386. The third kappa shape index (κ3) is 4.29. The van der Waals surface area contributed by atoms with E-state index in [9.17, 15) is 14.4 Å². The molecule has 0 radical (unpaired) electrons. The number of nitrogens with zero attached hydrogens (tertiary/aromatic N) is 2. The maximum atomic E-state index is 13.4. The quantitative estimate of drug-likeness (QED) is 0.335. The molecule has 0 bridgehead atoms. The highest BCUT2D eigenvalue weighted by molar-refractivity contribution is 6.35. The van der Waals surface area contributed by atoms with Gasteiger partial charge in [-0.2, -0.15) is 0 Å². The molecule has 0 aliphatic carbocycles. The first kappa shape index (κ1) is 22.4. The Morgan fingerprint density at radius 2 is 1.94 bits per heavy atom. The Bertz CT molecular complexity index is 1700. The summed E-state index contributed by atoms with van der Waals surface area (Å²) < 4.78 is 6.91. The number of carbonyl (C=O) groups excluding carboxylic acids is 1. The number of hydrogen-bond acceptors (Lipinski definition) is 5. The molecular formula is C25H20ClN5O4. The molecule has 35 heavy (non-hydrogen) atoms. The highest BCUT2D eigenvalue weighted by Crippen LogP contribution is 2.24. The monoisotopic (exact) mass is 489 g/mol. The highest BCUT2D eigenvalue weighted by atomic mass is 35.5. The van der Waals surface area contributed by atoms with Crippen molar-refractivity contribution in [1.82, 2.24) is 19.5 Å². The molecule has 176 valence electrons. The number of H-pyrrole nitrogens is 2. The number of halogens is 1. The molecule has 0 fully saturated rings. The zero-order chi connectivity index (χ0) is 24.5. The molecular weight excluding hydrogens is 470 g/mol. The Balaban J connectivity index is 1.47. The molecule has 2 aromatic heterocycles. The van der Waals surface area contributed by atoms with Crippen molar-refractivity contribution in [2.75, 3.05) is 12.4 Å². The van der Waals surface area contributed by atoms with E-state index in [1.807, 2.05) is 24.3 Å². The summed E-state index contributed by atoms with van der Waals surface area (Å²) in [5.41, 5.74) is 2.12. The summed E-state index contributed by atoms with van der Waals surface area (Å²) in [7, 11) is 1.61. The number of aryl methyl sites for hydroxylation is 2. The van der Waals surface area contributed by atoms with Crippen molar-refractivity contribution < 1.29 is 9.53 Å². The first-order chi connectivity index (χ1) is 16.9. The minimum atomic E-state index is -0.479. The van der Waals surface area contributed by atoms with Crippen LogP contribution in [0.2, 0.25) is 5.02 Å². The average Bonchev–Trinajstić information content (AvgIpc) is 3.24. The lowest BCUT2D eigenvalue weighted by Crippen LogP contribution is -2.23. The fourth-order valence-corrected chi connectivity index (χ4v) is 4.31. The molecule has 0 saturated carbocycles. The number of aromatic nitrogens is 4. The van der Waals surface area contributed by atoms with Crippen molar-refractivity contribution in [3.05, 3.63) is 97.9 Å². The predicted octanol–water partition coefficient (Wildman–Crippen LogP) is 3.72. The molecule has 2 heterocycles. The van der Waals surface area contributed by atoms with Crippen molar-refractivity contribution in [1.29, 1.82) is 0 Å². The zero-order valence-corrected chi connectivity index (χ0v) is 19.3. The molecule has 0 saturated heterocycles. The topological polar surface area (TPSA) is 122 Å². The number of imidazole rings is 1. The summed E-state index contributed by atoms with van der Waals surface area (Å²) in [5.74, 6) is 0.272. The number of amides is 1. The molecule has 1 amide bonds. The Hall–Kier alpha value is -4.37. The van der Waals surface area contributed by atoms with E-state index in [1.54, 1.807) is 25.3 Å². The standard InChI is InChI=1S/C25H20ClN5O4/c1-35-20-8-3-2-5-14(20)9-10-31-13-27-17-6-4-7-18(21(17)24(31)33)28-23(32)15-11-16(26)22-19(12-15)29-25(34)30-22/h2-8,11-13H,9-10H2,1H3,(H,28,32)(H2,29,30,34). The van der Waals surface area contributed by atoms with Crippen molar-refractivity contribution >= 4 is 45.1 Å². The minimum Gasteiger partial charge on any atom is -0.496 e. The Morgan fingerprint density at radius 3 is 2.77 bits per heavy atom. The molecule has 0 aliphatic heterocycles. The molecule has 0 atom stereocenters. The van der Waals surface area contributed by atoms with Gasteiger partial charge in [0, 0.05) is 12.1 Å². The van der Waals surface area contributed by atoms with E-state index in [0.29, 0.717) is 40.6 Å². The van der Waals surface area contributed by atoms with Crippen LogP contribution in [0, 0.1) is 0 Å². The van der Waals surface area contributed by atoms with Gasteiger partial charge in [0.1, 0.15) is 5.75 Å². The highest BCUT2D eigenvalue weighted by Gasteiger charge is 2.15. The van der Waals surface area contributed by atoms with E-state index in [4.69, 9.17) is 16.3 Å². The molecule has 0 spiro atoms. The number of methoxy groups -OCH3 is 1. The summed E-state index contributed by atoms with van der Waals surface area (Å²) >= 11 is 6.23. The van der Waals surface area contributed by atoms with E-state index in [-0.39, 0.29) is 16.1 Å². The van der Waals surface area contributed by atoms with Crippen molar-refractivity contribution in [2.24, 2.45) is 0 Å². The maximum Gasteiger partial charge on any atom is 0.323 e. The van der Waals surface area contributed by atoms with Gasteiger partial charge < -0.3 is 20.0 Å². The first-order valence-corrected chi connectivity index (χ1v) is 11.2. The van der Waals surface area contributed by atoms with Gasteiger partial charge in [0.2, 0.25) is 0 Å². The lowest BCUT2D eigenvalue weighted by atomic mass is 10.1. The fraction of sp³-hybridized carbons (Fsp3) is 0.120. The predicted molar refractivity (Wildman–Crippen MR) is 135 cm³/mol. The van der Waals surface area contributed by atoms with Gasteiger partial charge in [-0.3, -0.25) is 14.2 Å². The van der Waals surface area contributed by atoms with Crippen LogP contribution in [0.4, 0.5) is 5.69 Å². The number of ether oxygens (including phenoxy) is 1. The fourth-order valence-electron chi connectivity index (χ4n) is 4.04. The Morgan fingerprint density at radius 1 is 1.11 bits per heavy atom. The third-order valence-corrected chi connectivity index (χ3v) is 6.05. The smallest absolute Gasteiger partial charge is 0.323 e. The van der Waals surface area contributed by atoms with Crippen LogP contribution in [0.5, 0.6) is 5.75 Å². The summed E-state index contributed by atoms with van der Waals surface area (Å²) in [6, 6.07) is 15.7. The van der Waals surface area contributed by atoms with Crippen LogP contribution in [0.1, 0.15) is 15.9 Å². The van der Waals surface area contributed by atoms with Crippen LogP contribution >= 0.6 is 11.6 Å². The molecule has 5 aromatic rings. The van der Waals surface area contributed by atoms with Crippen LogP contribution in [0.25, 0.3) is 21.9 Å². The number of carbonyl (C=O) groups is 1. The van der Waals surface area contributed by atoms with Crippen LogP contribution in [0.3, 0.4) is 0 Å². The lowest BCUT2D eigenvalue weighted by Gasteiger charge is -2.12. The van der Waals surface area contributed by atoms with E-state index >= 15 is 0 Å². The summed E-state index contributed by atoms with van der Waals surface area (Å²) in [6.07, 6.45) is 2.07. The van der Waals surface area contributed by atoms with Gasteiger partial charge in [-0.25, -0.2) is 9.78 Å². The van der Waals surface area contributed by atoms with Gasteiger partial charge in [-0.05, 0) is 42.3 Å². The normalized spacial score (nSPS) is 11.1. The van der Waals surface area contributed by atoms with Crippen molar-refractivity contribution in [2.45, 2.75) is 13.0 Å². The number of fused-ring (bicyclic) bond motifs is 2. The molecule has 0 unspecified atom stereocenters. The second-order valence-electron chi connectivity index (χ2n) is 7.92. The summed E-state index contributed by atoms with van der Waals surface area (Å²) in [4.78, 5) is 47.5. The zero-order valence-electron chi connectivity index (χ0n) is 18.6. The second-order valence-corrected chi connectivity index (χ2v) is 8.33. The summed E-state index contributed by atoms with van der Waals surface area (Å²) in [5, 5.41) is 3.31. The largest absolute Gasteiger partial charge is 0.496 e. The number of para-hydroxylation sites is 1. The van der Waals surface area contributed by atoms with Crippen LogP contribution < -0.4 is 21.3 Å². The molecule has 3 aromatic carbocycles. The molecule has 9 nitrogen and oxygen atoms in total.